The van der Waals surface area contributed by atoms with Gasteiger partial charge in [0.25, 0.3) is 0 Å². The van der Waals surface area contributed by atoms with Crippen molar-refractivity contribution in [3.8, 4) is 0 Å². The zero-order valence-electron chi connectivity index (χ0n) is 11.5. The van der Waals surface area contributed by atoms with E-state index >= 15 is 0 Å². The Kier molecular flexibility index (Phi) is 8.67. The maximum Gasteiger partial charge on any atom is 0.0615 e. The predicted octanol–water partition coefficient (Wildman–Crippen LogP) is 2.74. The van der Waals surface area contributed by atoms with Crippen LogP contribution in [0.2, 0.25) is 0 Å². The molecule has 0 radical (unpaired) electrons. The average molecular weight is 243 g/mol. The molecule has 1 aliphatic rings. The quantitative estimate of drug-likeness (QED) is 0.598. The molecule has 102 valence electrons. The highest BCUT2D eigenvalue weighted by Crippen LogP contribution is 2.18. The molecular weight excluding hydrogens is 214 g/mol. The van der Waals surface area contributed by atoms with Crippen LogP contribution in [-0.4, -0.2) is 39.0 Å². The van der Waals surface area contributed by atoms with Crippen molar-refractivity contribution < 1.29 is 9.47 Å². The van der Waals surface area contributed by atoms with E-state index < -0.39 is 0 Å². The maximum atomic E-state index is 5.63. The summed E-state index contributed by atoms with van der Waals surface area (Å²) in [5, 5.41) is 3.54. The highest BCUT2D eigenvalue weighted by molar-refractivity contribution is 4.68. The highest BCUT2D eigenvalue weighted by atomic mass is 16.5. The Labute approximate surface area is 106 Å². The van der Waals surface area contributed by atoms with Crippen molar-refractivity contribution in [1.29, 1.82) is 0 Å². The fourth-order valence-electron chi connectivity index (χ4n) is 2.43. The largest absolute Gasteiger partial charge is 0.383 e. The van der Waals surface area contributed by atoms with Crippen LogP contribution in [0.4, 0.5) is 0 Å². The van der Waals surface area contributed by atoms with Gasteiger partial charge in [-0.25, -0.2) is 0 Å². The highest BCUT2D eigenvalue weighted by Gasteiger charge is 2.15. The number of hydrogen-bond acceptors (Lipinski definition) is 3. The van der Waals surface area contributed by atoms with Crippen LogP contribution < -0.4 is 5.32 Å². The Bertz CT molecular complexity index is 170. The van der Waals surface area contributed by atoms with Crippen LogP contribution in [0.5, 0.6) is 0 Å². The number of methoxy groups -OCH3 is 1. The predicted molar refractivity (Wildman–Crippen MR) is 71.4 cm³/mol. The second kappa shape index (κ2) is 9.86. The molecule has 1 rings (SSSR count). The van der Waals surface area contributed by atoms with Crippen LogP contribution in [-0.2, 0) is 9.47 Å². The Morgan fingerprint density at radius 3 is 2.94 bits per heavy atom. The third kappa shape index (κ3) is 7.02. The molecule has 2 unspecified atom stereocenters. The lowest BCUT2D eigenvalue weighted by Gasteiger charge is -2.17. The van der Waals surface area contributed by atoms with Crippen molar-refractivity contribution in [3.63, 3.8) is 0 Å². The normalized spacial score (nSPS) is 21.9. The molecule has 0 aliphatic carbocycles. The molecule has 0 aromatic rings. The van der Waals surface area contributed by atoms with Crippen LogP contribution >= 0.6 is 0 Å². The van der Waals surface area contributed by atoms with Gasteiger partial charge in [-0.1, -0.05) is 19.8 Å². The van der Waals surface area contributed by atoms with Crippen LogP contribution in [0.25, 0.3) is 0 Å². The first kappa shape index (κ1) is 14.9. The van der Waals surface area contributed by atoms with E-state index in [0.717, 1.165) is 19.8 Å². The van der Waals surface area contributed by atoms with Gasteiger partial charge in [0.1, 0.15) is 0 Å². The van der Waals surface area contributed by atoms with Crippen molar-refractivity contribution in [2.24, 2.45) is 0 Å². The average Bonchev–Trinajstić information content (AvgIpc) is 2.84. The lowest BCUT2D eigenvalue weighted by Crippen LogP contribution is -2.33. The summed E-state index contributed by atoms with van der Waals surface area (Å²) in [4.78, 5) is 0. The van der Waals surface area contributed by atoms with Crippen molar-refractivity contribution in [3.05, 3.63) is 0 Å². The van der Waals surface area contributed by atoms with E-state index in [1.165, 1.54) is 44.9 Å². The van der Waals surface area contributed by atoms with Gasteiger partial charge in [0.2, 0.25) is 0 Å². The molecule has 0 saturated carbocycles. The van der Waals surface area contributed by atoms with Crippen molar-refractivity contribution in [2.45, 2.75) is 64.0 Å². The van der Waals surface area contributed by atoms with E-state index in [1.54, 1.807) is 7.11 Å². The van der Waals surface area contributed by atoms with E-state index in [0.29, 0.717) is 12.1 Å². The Hall–Kier alpha value is -0.120. The summed E-state index contributed by atoms with van der Waals surface area (Å²) < 4.78 is 10.9. The molecule has 1 N–H and O–H groups in total. The van der Waals surface area contributed by atoms with Gasteiger partial charge in [0.05, 0.1) is 12.7 Å². The molecular formula is C14H29NO2. The fourth-order valence-corrected chi connectivity index (χ4v) is 2.43. The van der Waals surface area contributed by atoms with Gasteiger partial charge in [-0.2, -0.15) is 0 Å². The van der Waals surface area contributed by atoms with Crippen molar-refractivity contribution in [1.82, 2.24) is 5.32 Å². The molecule has 1 saturated heterocycles. The van der Waals surface area contributed by atoms with Gasteiger partial charge < -0.3 is 14.8 Å². The summed E-state index contributed by atoms with van der Waals surface area (Å²) in [6.45, 7) is 5.11. The van der Waals surface area contributed by atoms with Crippen LogP contribution in [0.15, 0.2) is 0 Å². The Morgan fingerprint density at radius 1 is 1.41 bits per heavy atom. The number of ether oxygens (including phenoxy) is 2. The van der Waals surface area contributed by atoms with E-state index in [4.69, 9.17) is 9.47 Å². The molecule has 0 aromatic heterocycles. The van der Waals surface area contributed by atoms with Gasteiger partial charge in [-0.05, 0) is 38.6 Å². The molecule has 0 aromatic carbocycles. The molecule has 3 nitrogen and oxygen atoms in total. The van der Waals surface area contributed by atoms with Crippen molar-refractivity contribution in [2.75, 3.05) is 26.9 Å². The second-order valence-corrected chi connectivity index (χ2v) is 5.03. The molecule has 1 fully saturated rings. The summed E-state index contributed by atoms with van der Waals surface area (Å²) >= 11 is 0. The Balaban J connectivity index is 2.00. The minimum atomic E-state index is 0.532. The topological polar surface area (TPSA) is 30.5 Å². The monoisotopic (exact) mass is 243 g/mol. The number of nitrogens with one attached hydrogen (secondary N) is 1. The molecule has 0 amide bonds. The number of rotatable bonds is 10. The van der Waals surface area contributed by atoms with Gasteiger partial charge >= 0.3 is 0 Å². The standard InChI is InChI=1S/C14H29NO2/c1-3-10-15-13(12-16-2)7-4-5-8-14-9-6-11-17-14/h13-15H,3-12H2,1-2H3. The summed E-state index contributed by atoms with van der Waals surface area (Å²) in [5.74, 6) is 0. The van der Waals surface area contributed by atoms with Crippen LogP contribution in [0.1, 0.15) is 51.9 Å². The lowest BCUT2D eigenvalue weighted by atomic mass is 10.0. The summed E-state index contributed by atoms with van der Waals surface area (Å²) in [6, 6.07) is 0.532. The fraction of sp³-hybridized carbons (Fsp3) is 1.00. The van der Waals surface area contributed by atoms with Crippen molar-refractivity contribution >= 4 is 0 Å². The van der Waals surface area contributed by atoms with Gasteiger partial charge in [0, 0.05) is 19.8 Å². The third-order valence-corrected chi connectivity index (χ3v) is 3.40. The van der Waals surface area contributed by atoms with E-state index in [-0.39, 0.29) is 0 Å². The van der Waals surface area contributed by atoms with E-state index in [2.05, 4.69) is 12.2 Å². The first-order chi connectivity index (χ1) is 8.36. The lowest BCUT2D eigenvalue weighted by molar-refractivity contribution is 0.101. The molecule has 3 heteroatoms. The van der Waals surface area contributed by atoms with E-state index in [1.807, 2.05) is 0 Å². The minimum Gasteiger partial charge on any atom is -0.383 e. The molecule has 2 atom stereocenters. The second-order valence-electron chi connectivity index (χ2n) is 5.03. The summed E-state index contributed by atoms with van der Waals surface area (Å²) in [5.41, 5.74) is 0. The molecule has 0 spiro atoms. The minimum absolute atomic E-state index is 0.532. The Morgan fingerprint density at radius 2 is 2.29 bits per heavy atom. The van der Waals surface area contributed by atoms with Gasteiger partial charge in [-0.15, -0.1) is 0 Å². The van der Waals surface area contributed by atoms with Crippen LogP contribution in [0.3, 0.4) is 0 Å². The van der Waals surface area contributed by atoms with Gasteiger partial charge in [0.15, 0.2) is 0 Å². The van der Waals surface area contributed by atoms with Gasteiger partial charge in [-0.3, -0.25) is 0 Å². The first-order valence-electron chi connectivity index (χ1n) is 7.20. The SMILES string of the molecule is CCCNC(CCCCC1CCCO1)COC. The summed E-state index contributed by atoms with van der Waals surface area (Å²) in [7, 11) is 1.78. The molecule has 0 bridgehead atoms. The molecule has 17 heavy (non-hydrogen) atoms. The smallest absolute Gasteiger partial charge is 0.0615 e. The number of unbranched alkanes of at least 4 members (excludes halogenated alkanes) is 1. The first-order valence-corrected chi connectivity index (χ1v) is 7.20. The molecule has 1 heterocycles. The molecule has 1 aliphatic heterocycles. The van der Waals surface area contributed by atoms with E-state index in [9.17, 15) is 0 Å². The zero-order chi connectivity index (χ0) is 12.3. The zero-order valence-corrected chi connectivity index (χ0v) is 11.5. The van der Waals surface area contributed by atoms with Crippen LogP contribution in [0, 0.1) is 0 Å². The third-order valence-electron chi connectivity index (χ3n) is 3.40. The summed E-state index contributed by atoms with van der Waals surface area (Å²) in [6.07, 6.45) is 9.32. The maximum absolute atomic E-state index is 5.63. The number of hydrogen-bond donors (Lipinski definition) is 1.